The van der Waals surface area contributed by atoms with Crippen molar-refractivity contribution in [2.24, 2.45) is 75.8 Å². The molecule has 0 rings (SSSR count). The van der Waals surface area contributed by atoms with Gasteiger partial charge in [-0.3, -0.25) is 0 Å². The van der Waals surface area contributed by atoms with E-state index in [2.05, 4.69) is 374 Å². The van der Waals surface area contributed by atoms with Crippen molar-refractivity contribution in [1.82, 2.24) is 0 Å². The molecule has 0 amide bonds. The molecule has 0 heteroatoms. The molecular weight excluding hydrogens is 1110 g/mol. The van der Waals surface area contributed by atoms with Crippen molar-refractivity contribution in [2.45, 2.75) is 432 Å². The summed E-state index contributed by atoms with van der Waals surface area (Å²) in [5.74, 6) is 45.5. The van der Waals surface area contributed by atoms with Crippen LogP contribution < -0.4 is 0 Å². The Morgan fingerprint density at radius 1 is 0.130 bits per heavy atom. The topological polar surface area (TPSA) is 0 Å². The van der Waals surface area contributed by atoms with Gasteiger partial charge < -0.3 is 0 Å². The third kappa shape index (κ3) is 139. The lowest BCUT2D eigenvalue weighted by atomic mass is 9.89. The second-order valence-corrected chi connectivity index (χ2v) is 42.0. The van der Waals surface area contributed by atoms with Crippen molar-refractivity contribution in [3.63, 3.8) is 0 Å². The van der Waals surface area contributed by atoms with Crippen LogP contribution in [-0.4, -0.2) is 0 Å². The number of unbranched alkanes of at least 4 members (excludes halogenated alkanes) is 10. The first kappa shape index (κ1) is 102. The second kappa shape index (κ2) is 48.6. The zero-order valence-electron chi connectivity index (χ0n) is 71.6. The first-order valence-corrected chi connectivity index (χ1v) is 37.0. The van der Waals surface area contributed by atoms with Crippen LogP contribution >= 0.6 is 0 Å². The molecule has 0 saturated carbocycles. The molecule has 0 radical (unpaired) electrons. The van der Waals surface area contributed by atoms with Gasteiger partial charge in [0, 0.05) is 81.8 Å². The summed E-state index contributed by atoms with van der Waals surface area (Å²) in [4.78, 5) is 0. The van der Waals surface area contributed by atoms with Crippen molar-refractivity contribution in [3.05, 3.63) is 0 Å². The lowest BCUT2D eigenvalue weighted by molar-refractivity contribution is 0.357. The average Bonchev–Trinajstić information content (AvgIpc) is 3.21. The van der Waals surface area contributed by atoms with Crippen molar-refractivity contribution in [3.8, 4) is 82.9 Å². The number of rotatable bonds is 16. The van der Waals surface area contributed by atoms with E-state index in [9.17, 15) is 0 Å². The van der Waals surface area contributed by atoms with Gasteiger partial charge in [-0.15, -0.1) is 35.5 Å². The van der Waals surface area contributed by atoms with Crippen molar-refractivity contribution >= 4 is 0 Å². The minimum absolute atomic E-state index is 0.146. The summed E-state index contributed by atoms with van der Waals surface area (Å²) in [6.45, 7) is 92.8. The maximum Gasteiger partial charge on any atom is 0.0230 e. The normalized spacial score (nSPS) is 12.2. The molecule has 92 heavy (non-hydrogen) atoms. The van der Waals surface area contributed by atoms with Crippen LogP contribution in [-0.2, 0) is 0 Å². The van der Waals surface area contributed by atoms with Gasteiger partial charge in [0.05, 0.1) is 0 Å². The highest BCUT2D eigenvalue weighted by Gasteiger charge is 2.14. The lowest BCUT2D eigenvalue weighted by Gasteiger charge is -2.17. The molecule has 0 heterocycles. The molecule has 0 bridgehead atoms. The van der Waals surface area contributed by atoms with Crippen LogP contribution in [0, 0.1) is 159 Å². The number of hydrogen-bond donors (Lipinski definition) is 0. The van der Waals surface area contributed by atoms with E-state index in [1.54, 1.807) is 0 Å². The fourth-order valence-corrected chi connectivity index (χ4v) is 7.06. The Labute approximate surface area is 587 Å². The molecular formula is C92H170. The van der Waals surface area contributed by atoms with Gasteiger partial charge in [0.2, 0.25) is 0 Å². The Morgan fingerprint density at radius 2 is 0.272 bits per heavy atom. The average molecular weight is 1280 g/mol. The summed E-state index contributed by atoms with van der Waals surface area (Å²) < 4.78 is 0. The fourth-order valence-electron chi connectivity index (χ4n) is 7.06. The third-order valence-electron chi connectivity index (χ3n) is 12.0. The van der Waals surface area contributed by atoms with Gasteiger partial charge in [-0.25, -0.2) is 0 Å². The lowest BCUT2D eigenvalue weighted by Crippen LogP contribution is -2.05. The zero-order chi connectivity index (χ0) is 74.5. The molecule has 0 nitrogen and oxygen atoms in total. The predicted octanol–water partition coefficient (Wildman–Crippen LogP) is 30.2. The van der Waals surface area contributed by atoms with E-state index >= 15 is 0 Å². The maximum absolute atomic E-state index is 3.29. The second-order valence-electron chi connectivity index (χ2n) is 42.0. The molecule has 0 aliphatic rings. The minimum atomic E-state index is 0.146. The standard InChI is InChI=1S/C16H30.C15H28.C14H26.C13H24.2C12H22.C10H18/c1-15(2,3)13-11-9-7-8-10-12-14-16(4,5)6;1-14(2,3)12-10-8-7-9-11-13-15(4,5)6;1-13(2,3)11-9-7-8-10-12-14(4,5)6;1-12(2,3)10-8-7-9-11-13(4,5)6;2*1-11(2,3)9-7-8-10-12(4,5)6;1-9(2,3)7-8-10(4,5)6/h7-11,13H2,1-6H3;7-10,12H2,1-6H3;7-9,11H2,1-6H3;7-8,10H2,1-6H3;2*7,9H2,1-6H3;1-6H3. The highest BCUT2D eigenvalue weighted by molar-refractivity contribution is 5.13. The zero-order valence-corrected chi connectivity index (χ0v) is 71.6. The molecule has 0 N–H and O–H groups in total. The quantitative estimate of drug-likeness (QED) is 0.107. The van der Waals surface area contributed by atoms with Gasteiger partial charge in [0.25, 0.3) is 0 Å². The Bertz CT molecular complexity index is 2200. The Morgan fingerprint density at radius 3 is 0.467 bits per heavy atom. The first-order valence-electron chi connectivity index (χ1n) is 37.0. The Hall–Kier alpha value is -3.08. The van der Waals surface area contributed by atoms with Crippen LogP contribution in [0.4, 0.5) is 0 Å². The third-order valence-corrected chi connectivity index (χ3v) is 12.0. The summed E-state index contributed by atoms with van der Waals surface area (Å²) in [6, 6.07) is 0. The molecule has 0 fully saturated rings. The summed E-state index contributed by atoms with van der Waals surface area (Å²) in [5, 5.41) is 0. The monoisotopic (exact) mass is 1280 g/mol. The molecule has 0 aromatic carbocycles. The van der Waals surface area contributed by atoms with Crippen molar-refractivity contribution in [2.75, 3.05) is 0 Å². The summed E-state index contributed by atoms with van der Waals surface area (Å²) in [7, 11) is 0. The highest BCUT2D eigenvalue weighted by atomic mass is 14.2. The van der Waals surface area contributed by atoms with Crippen molar-refractivity contribution < 1.29 is 0 Å². The summed E-state index contributed by atoms with van der Waals surface area (Å²) in [5.41, 5.74) is 4.10. The van der Waals surface area contributed by atoms with Crippen LogP contribution in [0.2, 0.25) is 0 Å². The molecule has 0 aromatic heterocycles. The van der Waals surface area contributed by atoms with Gasteiger partial charge in [0.1, 0.15) is 0 Å². The van der Waals surface area contributed by atoms with E-state index in [0.717, 1.165) is 38.5 Å². The smallest absolute Gasteiger partial charge is 0.0230 e. The summed E-state index contributed by atoms with van der Waals surface area (Å²) in [6.07, 6.45) is 27.0. The van der Waals surface area contributed by atoms with E-state index < -0.39 is 0 Å². The van der Waals surface area contributed by atoms with Crippen molar-refractivity contribution in [1.29, 1.82) is 0 Å². The SMILES string of the molecule is CC(C)(C)C#CC(C)(C)C.CC(C)(C)C#CCCC(C)(C)C.CC(C)(C)C#CCCC(C)(C)C.CC(C)(C)C#CCCCC(C)(C)C.CC(C)(C)C#CCCCCC(C)(C)C.CC(C)(C)C#CCCCCCC(C)(C)C.CC(C)(C)C#CCCCCCCC(C)(C)C. The molecule has 0 spiro atoms. The fraction of sp³-hybridized carbons (Fsp3) is 0.848. The molecule has 0 aliphatic carbocycles. The highest BCUT2D eigenvalue weighted by Crippen LogP contribution is 2.27. The van der Waals surface area contributed by atoms with Crippen LogP contribution in [0.1, 0.15) is 432 Å². The largest absolute Gasteiger partial charge is 0.103 e. The van der Waals surface area contributed by atoms with E-state index in [1.807, 2.05) is 0 Å². The molecule has 0 aliphatic heterocycles. The maximum atomic E-state index is 3.29. The van der Waals surface area contributed by atoms with Gasteiger partial charge in [-0.2, -0.15) is 0 Å². The minimum Gasteiger partial charge on any atom is -0.103 e. The Balaban J connectivity index is -0.000000184. The van der Waals surface area contributed by atoms with Crippen LogP contribution in [0.3, 0.4) is 0 Å². The van der Waals surface area contributed by atoms with E-state index in [0.29, 0.717) is 32.5 Å². The van der Waals surface area contributed by atoms with Crippen LogP contribution in [0.25, 0.3) is 0 Å². The predicted molar refractivity (Wildman–Crippen MR) is 428 cm³/mol. The van der Waals surface area contributed by atoms with E-state index in [-0.39, 0.29) is 43.3 Å². The first-order chi connectivity index (χ1) is 40.4. The molecule has 0 saturated heterocycles. The van der Waals surface area contributed by atoms with E-state index in [1.165, 1.54) is 103 Å². The van der Waals surface area contributed by atoms with Gasteiger partial charge in [-0.1, -0.05) is 211 Å². The van der Waals surface area contributed by atoms with Gasteiger partial charge in [0.15, 0.2) is 0 Å². The summed E-state index contributed by atoms with van der Waals surface area (Å²) >= 11 is 0. The number of hydrogen-bond acceptors (Lipinski definition) is 0. The molecule has 0 atom stereocenters. The molecule has 0 unspecified atom stereocenters. The van der Waals surface area contributed by atoms with Crippen LogP contribution in [0.15, 0.2) is 0 Å². The Kier molecular flexibility index (Phi) is 54.1. The molecule has 0 aromatic rings. The van der Waals surface area contributed by atoms with Crippen LogP contribution in [0.5, 0.6) is 0 Å². The molecule has 538 valence electrons. The van der Waals surface area contributed by atoms with Gasteiger partial charge in [-0.05, 0) is 263 Å². The van der Waals surface area contributed by atoms with E-state index in [4.69, 9.17) is 0 Å². The van der Waals surface area contributed by atoms with Gasteiger partial charge >= 0.3 is 0 Å².